The molecule has 3 heteroatoms. The van der Waals surface area contributed by atoms with Gasteiger partial charge in [0.1, 0.15) is 5.75 Å². The smallest absolute Gasteiger partial charge is 0.133 e. The molecular weight excluding hydrogens is 314 g/mol. The molecule has 0 aromatic heterocycles. The molecule has 1 saturated carbocycles. The van der Waals surface area contributed by atoms with E-state index in [1.165, 1.54) is 18.4 Å². The first-order valence-corrected chi connectivity index (χ1v) is 8.25. The van der Waals surface area contributed by atoms with Gasteiger partial charge in [0, 0.05) is 6.04 Å². The van der Waals surface area contributed by atoms with Crippen LogP contribution in [0.15, 0.2) is 22.7 Å². The van der Waals surface area contributed by atoms with E-state index in [4.69, 9.17) is 4.74 Å². The maximum absolute atomic E-state index is 5.30. The van der Waals surface area contributed by atoms with Gasteiger partial charge in [-0.2, -0.15) is 0 Å². The van der Waals surface area contributed by atoms with Gasteiger partial charge in [-0.25, -0.2) is 0 Å². The Balaban J connectivity index is 2.03. The van der Waals surface area contributed by atoms with Crippen molar-refractivity contribution in [1.29, 1.82) is 0 Å². The van der Waals surface area contributed by atoms with Crippen molar-refractivity contribution in [2.75, 3.05) is 13.7 Å². The van der Waals surface area contributed by atoms with E-state index in [1.807, 2.05) is 6.07 Å². The molecule has 0 radical (unpaired) electrons. The summed E-state index contributed by atoms with van der Waals surface area (Å²) in [4.78, 5) is 0. The maximum atomic E-state index is 5.30. The summed E-state index contributed by atoms with van der Waals surface area (Å²) in [5, 5.41) is 3.68. The van der Waals surface area contributed by atoms with E-state index in [0.717, 1.165) is 29.2 Å². The largest absolute Gasteiger partial charge is 0.496 e. The molecule has 2 nitrogen and oxygen atoms in total. The quantitative estimate of drug-likeness (QED) is 0.828. The third-order valence-electron chi connectivity index (χ3n) is 4.15. The van der Waals surface area contributed by atoms with Gasteiger partial charge in [-0.3, -0.25) is 0 Å². The van der Waals surface area contributed by atoms with Crippen molar-refractivity contribution >= 4 is 15.9 Å². The molecule has 2 rings (SSSR count). The van der Waals surface area contributed by atoms with E-state index in [1.54, 1.807) is 7.11 Å². The normalized spacial score (nSPS) is 17.1. The Hall–Kier alpha value is -0.540. The van der Waals surface area contributed by atoms with Crippen LogP contribution in [0.2, 0.25) is 0 Å². The molecule has 1 unspecified atom stereocenters. The fourth-order valence-corrected chi connectivity index (χ4v) is 2.99. The molecular formula is C17H26BrNO. The molecule has 0 spiro atoms. The van der Waals surface area contributed by atoms with Crippen molar-refractivity contribution in [1.82, 2.24) is 5.32 Å². The Morgan fingerprint density at radius 2 is 2.05 bits per heavy atom. The molecule has 1 aromatic rings. The second-order valence-corrected chi connectivity index (χ2v) is 7.77. The average Bonchev–Trinajstić information content (AvgIpc) is 3.17. The standard InChI is InChI=1S/C17H26BrNO/c1-17(2,3)13(11-19-14-6-7-14)9-12-5-8-16(20-4)15(18)10-12/h5,8,10,13-14,19H,6-7,9,11H2,1-4H3. The van der Waals surface area contributed by atoms with Gasteiger partial charge in [0.05, 0.1) is 11.6 Å². The molecule has 1 fully saturated rings. The Bertz CT molecular complexity index is 449. The summed E-state index contributed by atoms with van der Waals surface area (Å²) in [5.74, 6) is 1.54. The molecule has 1 aromatic carbocycles. The van der Waals surface area contributed by atoms with Crippen LogP contribution in [0.4, 0.5) is 0 Å². The Morgan fingerprint density at radius 1 is 1.35 bits per heavy atom. The first-order chi connectivity index (χ1) is 9.40. The highest BCUT2D eigenvalue weighted by atomic mass is 79.9. The minimum atomic E-state index is 0.314. The molecule has 1 aliphatic carbocycles. The molecule has 0 saturated heterocycles. The molecule has 1 atom stereocenters. The Kier molecular flexibility index (Phi) is 5.14. The van der Waals surface area contributed by atoms with Gasteiger partial charge in [0.15, 0.2) is 0 Å². The molecule has 1 aliphatic rings. The van der Waals surface area contributed by atoms with Crippen LogP contribution in [0.25, 0.3) is 0 Å². The number of hydrogen-bond donors (Lipinski definition) is 1. The Labute approximate surface area is 131 Å². The number of benzene rings is 1. The van der Waals surface area contributed by atoms with Crippen molar-refractivity contribution in [3.63, 3.8) is 0 Å². The summed E-state index contributed by atoms with van der Waals surface area (Å²) in [6.45, 7) is 8.12. The van der Waals surface area contributed by atoms with E-state index < -0.39 is 0 Å². The minimum Gasteiger partial charge on any atom is -0.496 e. The first-order valence-electron chi connectivity index (χ1n) is 7.46. The Morgan fingerprint density at radius 3 is 2.55 bits per heavy atom. The summed E-state index contributed by atoms with van der Waals surface area (Å²) in [6.07, 6.45) is 3.81. The summed E-state index contributed by atoms with van der Waals surface area (Å²) < 4.78 is 6.34. The lowest BCUT2D eigenvalue weighted by molar-refractivity contribution is 0.230. The maximum Gasteiger partial charge on any atom is 0.133 e. The average molecular weight is 340 g/mol. The van der Waals surface area contributed by atoms with E-state index in [0.29, 0.717) is 11.3 Å². The monoisotopic (exact) mass is 339 g/mol. The fraction of sp³-hybridized carbons (Fsp3) is 0.647. The van der Waals surface area contributed by atoms with Gasteiger partial charge in [-0.1, -0.05) is 26.8 Å². The van der Waals surface area contributed by atoms with Crippen LogP contribution in [0, 0.1) is 11.3 Å². The topological polar surface area (TPSA) is 21.3 Å². The van der Waals surface area contributed by atoms with E-state index in [-0.39, 0.29) is 0 Å². The molecule has 112 valence electrons. The summed E-state index contributed by atoms with van der Waals surface area (Å²) in [5.41, 5.74) is 1.68. The van der Waals surface area contributed by atoms with Crippen molar-refractivity contribution < 1.29 is 4.74 Å². The number of nitrogens with one attached hydrogen (secondary N) is 1. The van der Waals surface area contributed by atoms with Crippen LogP contribution in [0.3, 0.4) is 0 Å². The second kappa shape index (κ2) is 6.48. The molecule has 0 heterocycles. The third kappa shape index (κ3) is 4.49. The number of ether oxygens (including phenoxy) is 1. The predicted octanol–water partition coefficient (Wildman–Crippen LogP) is 4.41. The zero-order chi connectivity index (χ0) is 14.8. The van der Waals surface area contributed by atoms with Gasteiger partial charge in [0.25, 0.3) is 0 Å². The van der Waals surface area contributed by atoms with E-state index in [2.05, 4.69) is 54.2 Å². The van der Waals surface area contributed by atoms with Crippen LogP contribution in [0.1, 0.15) is 39.2 Å². The van der Waals surface area contributed by atoms with Gasteiger partial charge >= 0.3 is 0 Å². The summed E-state index contributed by atoms with van der Waals surface area (Å²) >= 11 is 3.58. The lowest BCUT2D eigenvalue weighted by atomic mass is 9.77. The number of methoxy groups -OCH3 is 1. The lowest BCUT2D eigenvalue weighted by Gasteiger charge is -2.31. The first kappa shape index (κ1) is 15.8. The highest BCUT2D eigenvalue weighted by molar-refractivity contribution is 9.10. The molecule has 1 N–H and O–H groups in total. The molecule has 20 heavy (non-hydrogen) atoms. The number of halogens is 1. The van der Waals surface area contributed by atoms with Gasteiger partial charge in [-0.05, 0) is 70.8 Å². The number of rotatable bonds is 6. The molecule has 0 aliphatic heterocycles. The van der Waals surface area contributed by atoms with Gasteiger partial charge in [-0.15, -0.1) is 0 Å². The summed E-state index contributed by atoms with van der Waals surface area (Å²) in [6, 6.07) is 7.20. The van der Waals surface area contributed by atoms with Gasteiger partial charge < -0.3 is 10.1 Å². The SMILES string of the molecule is COc1ccc(CC(CNC2CC2)C(C)(C)C)cc1Br. The van der Waals surface area contributed by atoms with Crippen LogP contribution in [-0.4, -0.2) is 19.7 Å². The van der Waals surface area contributed by atoms with Crippen LogP contribution < -0.4 is 10.1 Å². The van der Waals surface area contributed by atoms with Crippen molar-refractivity contribution in [2.24, 2.45) is 11.3 Å². The van der Waals surface area contributed by atoms with Crippen LogP contribution in [-0.2, 0) is 6.42 Å². The van der Waals surface area contributed by atoms with E-state index in [9.17, 15) is 0 Å². The molecule has 0 amide bonds. The van der Waals surface area contributed by atoms with Crippen LogP contribution in [0.5, 0.6) is 5.75 Å². The van der Waals surface area contributed by atoms with Gasteiger partial charge in [0.2, 0.25) is 0 Å². The third-order valence-corrected chi connectivity index (χ3v) is 4.77. The fourth-order valence-electron chi connectivity index (χ4n) is 2.40. The summed E-state index contributed by atoms with van der Waals surface area (Å²) in [7, 11) is 1.71. The van der Waals surface area contributed by atoms with Crippen molar-refractivity contribution in [3.05, 3.63) is 28.2 Å². The van der Waals surface area contributed by atoms with E-state index >= 15 is 0 Å². The zero-order valence-electron chi connectivity index (χ0n) is 13.0. The minimum absolute atomic E-state index is 0.314. The zero-order valence-corrected chi connectivity index (χ0v) is 14.6. The number of hydrogen-bond acceptors (Lipinski definition) is 2. The lowest BCUT2D eigenvalue weighted by Crippen LogP contribution is -2.34. The van der Waals surface area contributed by atoms with Crippen LogP contribution >= 0.6 is 15.9 Å². The molecule has 0 bridgehead atoms. The highest BCUT2D eigenvalue weighted by Gasteiger charge is 2.28. The predicted molar refractivity (Wildman–Crippen MR) is 88.4 cm³/mol. The highest BCUT2D eigenvalue weighted by Crippen LogP contribution is 2.32. The second-order valence-electron chi connectivity index (χ2n) is 6.92. The van der Waals surface area contributed by atoms with Crippen molar-refractivity contribution in [2.45, 2.75) is 46.1 Å². The van der Waals surface area contributed by atoms with Crippen molar-refractivity contribution in [3.8, 4) is 5.75 Å².